The number of aryl methyl sites for hydroxylation is 1. The molecule has 3 nitrogen and oxygen atoms in total. The molecule has 100 valence electrons. The molecule has 0 aliphatic carbocycles. The Balaban J connectivity index is 1.93. The Labute approximate surface area is 114 Å². The van der Waals surface area contributed by atoms with Gasteiger partial charge in [-0.1, -0.05) is 24.3 Å². The maximum atomic E-state index is 5.82. The molecule has 2 aromatic rings. The number of methoxy groups -OCH3 is 1. The van der Waals surface area contributed by atoms with Gasteiger partial charge in [-0.05, 0) is 36.2 Å². The third-order valence-electron chi connectivity index (χ3n) is 3.03. The maximum absolute atomic E-state index is 5.82. The van der Waals surface area contributed by atoms with E-state index >= 15 is 0 Å². The third kappa shape index (κ3) is 3.41. The molecular weight excluding hydrogens is 238 g/mol. The summed E-state index contributed by atoms with van der Waals surface area (Å²) >= 11 is 0. The van der Waals surface area contributed by atoms with Gasteiger partial charge in [0, 0.05) is 6.42 Å². The second-order valence-electron chi connectivity index (χ2n) is 4.44. The van der Waals surface area contributed by atoms with Crippen molar-refractivity contribution in [3.05, 3.63) is 53.6 Å². The molecular formula is C16H19NO2. The first-order valence-electron chi connectivity index (χ1n) is 6.31. The summed E-state index contributed by atoms with van der Waals surface area (Å²) in [6, 6.07) is 13.7. The van der Waals surface area contributed by atoms with Gasteiger partial charge in [0.25, 0.3) is 0 Å². The standard InChI is InChI=1S/C16H19NO2/c1-12-11-13(7-8-15(12)18-2)9-10-19-16-6-4-3-5-14(16)17/h3-8,11H,9-10,17H2,1-2H3. The lowest BCUT2D eigenvalue weighted by molar-refractivity contribution is 0.323. The first-order chi connectivity index (χ1) is 9.20. The molecule has 0 radical (unpaired) electrons. The molecule has 0 unspecified atom stereocenters. The van der Waals surface area contributed by atoms with E-state index in [9.17, 15) is 0 Å². The molecule has 0 heterocycles. The Bertz CT molecular complexity index is 552. The molecule has 0 bridgehead atoms. The summed E-state index contributed by atoms with van der Waals surface area (Å²) in [6.45, 7) is 2.65. The van der Waals surface area contributed by atoms with Gasteiger partial charge in [0.1, 0.15) is 11.5 Å². The fraction of sp³-hybridized carbons (Fsp3) is 0.250. The predicted molar refractivity (Wildman–Crippen MR) is 77.8 cm³/mol. The normalized spacial score (nSPS) is 10.2. The molecule has 0 saturated carbocycles. The van der Waals surface area contributed by atoms with Crippen molar-refractivity contribution in [3.63, 3.8) is 0 Å². The van der Waals surface area contributed by atoms with Crippen molar-refractivity contribution in [2.45, 2.75) is 13.3 Å². The van der Waals surface area contributed by atoms with Gasteiger partial charge in [-0.3, -0.25) is 0 Å². The highest BCUT2D eigenvalue weighted by Gasteiger charge is 2.02. The van der Waals surface area contributed by atoms with Gasteiger partial charge in [0.05, 0.1) is 19.4 Å². The fourth-order valence-corrected chi connectivity index (χ4v) is 1.99. The zero-order valence-electron chi connectivity index (χ0n) is 11.3. The number of nitrogens with two attached hydrogens (primary N) is 1. The maximum Gasteiger partial charge on any atom is 0.142 e. The minimum absolute atomic E-state index is 0.611. The van der Waals surface area contributed by atoms with Crippen LogP contribution >= 0.6 is 0 Å². The van der Waals surface area contributed by atoms with Gasteiger partial charge >= 0.3 is 0 Å². The van der Waals surface area contributed by atoms with Crippen molar-refractivity contribution in [1.82, 2.24) is 0 Å². The van der Waals surface area contributed by atoms with Crippen molar-refractivity contribution < 1.29 is 9.47 Å². The number of hydrogen-bond donors (Lipinski definition) is 1. The van der Waals surface area contributed by atoms with Crippen molar-refractivity contribution in [1.29, 1.82) is 0 Å². The van der Waals surface area contributed by atoms with E-state index in [-0.39, 0.29) is 0 Å². The molecule has 2 N–H and O–H groups in total. The molecule has 0 fully saturated rings. The lowest BCUT2D eigenvalue weighted by atomic mass is 10.1. The number of hydrogen-bond acceptors (Lipinski definition) is 3. The van der Waals surface area contributed by atoms with Crippen LogP contribution in [0.3, 0.4) is 0 Å². The topological polar surface area (TPSA) is 44.5 Å². The monoisotopic (exact) mass is 257 g/mol. The molecule has 19 heavy (non-hydrogen) atoms. The van der Waals surface area contributed by atoms with E-state index < -0.39 is 0 Å². The summed E-state index contributed by atoms with van der Waals surface area (Å²) in [6.07, 6.45) is 0.846. The Morgan fingerprint density at radius 3 is 2.53 bits per heavy atom. The zero-order chi connectivity index (χ0) is 13.7. The average Bonchev–Trinajstić information content (AvgIpc) is 2.41. The predicted octanol–water partition coefficient (Wildman–Crippen LogP) is 3.21. The third-order valence-corrected chi connectivity index (χ3v) is 3.03. The molecule has 0 spiro atoms. The number of ether oxygens (including phenoxy) is 2. The van der Waals surface area contributed by atoms with E-state index in [1.807, 2.05) is 37.3 Å². The van der Waals surface area contributed by atoms with Gasteiger partial charge in [0.15, 0.2) is 0 Å². The quantitative estimate of drug-likeness (QED) is 0.836. The molecule has 0 saturated heterocycles. The number of para-hydroxylation sites is 2. The minimum Gasteiger partial charge on any atom is -0.496 e. The Morgan fingerprint density at radius 1 is 1.05 bits per heavy atom. The van der Waals surface area contributed by atoms with E-state index in [0.717, 1.165) is 23.5 Å². The van der Waals surface area contributed by atoms with Gasteiger partial charge in [-0.25, -0.2) is 0 Å². The summed E-state index contributed by atoms with van der Waals surface area (Å²) in [5.41, 5.74) is 8.86. The van der Waals surface area contributed by atoms with Crippen LogP contribution in [0.15, 0.2) is 42.5 Å². The largest absolute Gasteiger partial charge is 0.496 e. The fourth-order valence-electron chi connectivity index (χ4n) is 1.99. The van der Waals surface area contributed by atoms with Crippen molar-refractivity contribution >= 4 is 5.69 Å². The number of nitrogen functional groups attached to an aromatic ring is 1. The summed E-state index contributed by atoms with van der Waals surface area (Å²) < 4.78 is 10.9. The van der Waals surface area contributed by atoms with E-state index in [0.29, 0.717) is 12.3 Å². The lowest BCUT2D eigenvalue weighted by Crippen LogP contribution is -2.03. The van der Waals surface area contributed by atoms with Gasteiger partial charge in [0.2, 0.25) is 0 Å². The second kappa shape index (κ2) is 6.14. The highest BCUT2D eigenvalue weighted by atomic mass is 16.5. The smallest absolute Gasteiger partial charge is 0.142 e. The van der Waals surface area contributed by atoms with E-state index in [1.165, 1.54) is 5.56 Å². The number of benzene rings is 2. The van der Waals surface area contributed by atoms with E-state index in [1.54, 1.807) is 7.11 Å². The van der Waals surface area contributed by atoms with Gasteiger partial charge in [-0.15, -0.1) is 0 Å². The van der Waals surface area contributed by atoms with Crippen LogP contribution in [0.5, 0.6) is 11.5 Å². The van der Waals surface area contributed by atoms with Crippen molar-refractivity contribution in [3.8, 4) is 11.5 Å². The van der Waals surface area contributed by atoms with Crippen LogP contribution in [-0.4, -0.2) is 13.7 Å². The van der Waals surface area contributed by atoms with Crippen LogP contribution in [0.4, 0.5) is 5.69 Å². The SMILES string of the molecule is COc1ccc(CCOc2ccccc2N)cc1C. The van der Waals surface area contributed by atoms with E-state index in [2.05, 4.69) is 12.1 Å². The first kappa shape index (κ1) is 13.3. The van der Waals surface area contributed by atoms with E-state index in [4.69, 9.17) is 15.2 Å². The highest BCUT2D eigenvalue weighted by Crippen LogP contribution is 2.21. The summed E-state index contributed by atoms with van der Waals surface area (Å²) in [5, 5.41) is 0. The highest BCUT2D eigenvalue weighted by molar-refractivity contribution is 5.51. The van der Waals surface area contributed by atoms with Crippen LogP contribution in [-0.2, 0) is 6.42 Å². The molecule has 0 aliphatic heterocycles. The van der Waals surface area contributed by atoms with Crippen molar-refractivity contribution in [2.24, 2.45) is 0 Å². The molecule has 2 rings (SSSR count). The number of anilines is 1. The molecule has 0 aliphatic rings. The second-order valence-corrected chi connectivity index (χ2v) is 4.44. The Hall–Kier alpha value is -2.16. The van der Waals surface area contributed by atoms with Crippen molar-refractivity contribution in [2.75, 3.05) is 19.5 Å². The van der Waals surface area contributed by atoms with Crippen LogP contribution in [0.1, 0.15) is 11.1 Å². The van der Waals surface area contributed by atoms with Gasteiger partial charge in [-0.2, -0.15) is 0 Å². The summed E-state index contributed by atoms with van der Waals surface area (Å²) in [7, 11) is 1.68. The lowest BCUT2D eigenvalue weighted by Gasteiger charge is -2.10. The molecule has 2 aromatic carbocycles. The van der Waals surface area contributed by atoms with Crippen LogP contribution in [0.25, 0.3) is 0 Å². The first-order valence-corrected chi connectivity index (χ1v) is 6.31. The Kier molecular flexibility index (Phi) is 4.29. The van der Waals surface area contributed by atoms with Crippen LogP contribution in [0, 0.1) is 6.92 Å². The molecule has 0 amide bonds. The van der Waals surface area contributed by atoms with Crippen LogP contribution < -0.4 is 15.2 Å². The van der Waals surface area contributed by atoms with Crippen LogP contribution in [0.2, 0.25) is 0 Å². The average molecular weight is 257 g/mol. The molecule has 0 atom stereocenters. The molecule has 3 heteroatoms. The summed E-state index contributed by atoms with van der Waals surface area (Å²) in [5.74, 6) is 1.66. The Morgan fingerprint density at radius 2 is 1.84 bits per heavy atom. The zero-order valence-corrected chi connectivity index (χ0v) is 11.3. The number of rotatable bonds is 5. The minimum atomic E-state index is 0.611. The summed E-state index contributed by atoms with van der Waals surface area (Å²) in [4.78, 5) is 0. The van der Waals surface area contributed by atoms with Gasteiger partial charge < -0.3 is 15.2 Å². The molecule has 0 aromatic heterocycles.